The molecule has 0 heterocycles. The summed E-state index contributed by atoms with van der Waals surface area (Å²) in [5, 5.41) is 3.58. The van der Waals surface area contributed by atoms with E-state index < -0.39 is 0 Å². The maximum atomic E-state index is 3.58. The van der Waals surface area contributed by atoms with E-state index in [1.807, 2.05) is 0 Å². The summed E-state index contributed by atoms with van der Waals surface area (Å²) in [5.74, 6) is 2.63. The van der Waals surface area contributed by atoms with Gasteiger partial charge in [0.15, 0.2) is 0 Å². The van der Waals surface area contributed by atoms with Gasteiger partial charge in [-0.1, -0.05) is 20.8 Å². The molecule has 2 fully saturated rings. The van der Waals surface area contributed by atoms with Gasteiger partial charge < -0.3 is 10.2 Å². The molecule has 4 atom stereocenters. The molecule has 0 aromatic carbocycles. The van der Waals surface area contributed by atoms with Crippen molar-refractivity contribution in [2.75, 3.05) is 20.1 Å². The first kappa shape index (κ1) is 13.4. The SMILES string of the molecule is CCN(CC1C(C)CC(C)CC1NC)C1CC1. The van der Waals surface area contributed by atoms with Crippen LogP contribution in [0.25, 0.3) is 0 Å². The predicted molar refractivity (Wildman–Crippen MR) is 74.2 cm³/mol. The standard InChI is InChI=1S/C15H30N2/c1-5-17(13-6-7-13)10-14-12(3)8-11(2)9-15(14)16-4/h11-16H,5-10H2,1-4H3. The first-order valence-electron chi connectivity index (χ1n) is 7.57. The molecule has 0 aromatic heterocycles. The molecule has 4 unspecified atom stereocenters. The minimum Gasteiger partial charge on any atom is -0.317 e. The third-order valence-electron chi connectivity index (χ3n) is 4.96. The number of rotatable bonds is 5. The highest BCUT2D eigenvalue weighted by Crippen LogP contribution is 2.36. The third kappa shape index (κ3) is 3.23. The Hall–Kier alpha value is -0.0800. The summed E-state index contributed by atoms with van der Waals surface area (Å²) in [6.07, 6.45) is 5.67. The normalized spacial score (nSPS) is 38.6. The maximum absolute atomic E-state index is 3.58. The summed E-state index contributed by atoms with van der Waals surface area (Å²) in [6, 6.07) is 1.66. The Labute approximate surface area is 107 Å². The second-order valence-corrected chi connectivity index (χ2v) is 6.43. The molecule has 0 radical (unpaired) electrons. The minimum atomic E-state index is 0.738. The molecule has 0 bridgehead atoms. The lowest BCUT2D eigenvalue weighted by molar-refractivity contribution is 0.103. The van der Waals surface area contributed by atoms with Crippen molar-refractivity contribution in [1.82, 2.24) is 10.2 Å². The lowest BCUT2D eigenvalue weighted by Crippen LogP contribution is -2.48. The van der Waals surface area contributed by atoms with Gasteiger partial charge in [-0.2, -0.15) is 0 Å². The van der Waals surface area contributed by atoms with E-state index in [2.05, 4.69) is 38.0 Å². The Morgan fingerprint density at radius 2 is 1.88 bits per heavy atom. The second-order valence-electron chi connectivity index (χ2n) is 6.43. The zero-order chi connectivity index (χ0) is 12.4. The minimum absolute atomic E-state index is 0.738. The fourth-order valence-electron chi connectivity index (χ4n) is 3.80. The van der Waals surface area contributed by atoms with Crippen LogP contribution in [0.3, 0.4) is 0 Å². The van der Waals surface area contributed by atoms with E-state index in [-0.39, 0.29) is 0 Å². The van der Waals surface area contributed by atoms with Crippen LogP contribution in [0, 0.1) is 17.8 Å². The Morgan fingerprint density at radius 3 is 2.41 bits per heavy atom. The molecule has 0 spiro atoms. The summed E-state index contributed by atoms with van der Waals surface area (Å²) < 4.78 is 0. The van der Waals surface area contributed by atoms with Crippen molar-refractivity contribution in [3.8, 4) is 0 Å². The van der Waals surface area contributed by atoms with E-state index in [1.165, 1.54) is 38.8 Å². The summed E-state index contributed by atoms with van der Waals surface area (Å²) in [5.41, 5.74) is 0. The number of nitrogens with zero attached hydrogens (tertiary/aromatic N) is 1. The van der Waals surface area contributed by atoms with Crippen LogP contribution in [0.4, 0.5) is 0 Å². The molecule has 0 amide bonds. The molecule has 0 aliphatic heterocycles. The summed E-state index contributed by atoms with van der Waals surface area (Å²) >= 11 is 0. The zero-order valence-corrected chi connectivity index (χ0v) is 12.1. The number of nitrogens with one attached hydrogen (secondary N) is 1. The lowest BCUT2D eigenvalue weighted by Gasteiger charge is -2.42. The molecule has 100 valence electrons. The topological polar surface area (TPSA) is 15.3 Å². The van der Waals surface area contributed by atoms with Crippen LogP contribution >= 0.6 is 0 Å². The van der Waals surface area contributed by atoms with Crippen LogP contribution in [0.1, 0.15) is 46.5 Å². The van der Waals surface area contributed by atoms with Crippen molar-refractivity contribution < 1.29 is 0 Å². The van der Waals surface area contributed by atoms with Crippen LogP contribution in [0.5, 0.6) is 0 Å². The third-order valence-corrected chi connectivity index (χ3v) is 4.96. The number of hydrogen-bond acceptors (Lipinski definition) is 2. The monoisotopic (exact) mass is 238 g/mol. The quantitative estimate of drug-likeness (QED) is 0.792. The van der Waals surface area contributed by atoms with Gasteiger partial charge in [-0.15, -0.1) is 0 Å². The molecule has 17 heavy (non-hydrogen) atoms. The van der Waals surface area contributed by atoms with Crippen molar-refractivity contribution in [3.05, 3.63) is 0 Å². The van der Waals surface area contributed by atoms with Gasteiger partial charge in [0, 0.05) is 18.6 Å². The average molecular weight is 238 g/mol. The van der Waals surface area contributed by atoms with Crippen molar-refractivity contribution in [3.63, 3.8) is 0 Å². The number of hydrogen-bond donors (Lipinski definition) is 1. The first-order valence-corrected chi connectivity index (χ1v) is 7.57. The van der Waals surface area contributed by atoms with Crippen LogP contribution < -0.4 is 5.32 Å². The highest BCUT2D eigenvalue weighted by atomic mass is 15.2. The summed E-state index contributed by atoms with van der Waals surface area (Å²) in [7, 11) is 2.15. The molecule has 2 rings (SSSR count). The molecule has 1 N–H and O–H groups in total. The van der Waals surface area contributed by atoms with Crippen molar-refractivity contribution in [2.45, 2.75) is 58.5 Å². The second kappa shape index (κ2) is 5.71. The van der Waals surface area contributed by atoms with Crippen LogP contribution in [-0.4, -0.2) is 37.1 Å². The van der Waals surface area contributed by atoms with Crippen LogP contribution in [0.15, 0.2) is 0 Å². The van der Waals surface area contributed by atoms with Crippen molar-refractivity contribution >= 4 is 0 Å². The van der Waals surface area contributed by atoms with Crippen molar-refractivity contribution in [2.24, 2.45) is 17.8 Å². The van der Waals surface area contributed by atoms with Gasteiger partial charge >= 0.3 is 0 Å². The predicted octanol–water partition coefficient (Wildman–Crippen LogP) is 2.74. The van der Waals surface area contributed by atoms with Gasteiger partial charge in [-0.05, 0) is 57.0 Å². The Bertz CT molecular complexity index is 237. The molecule has 2 nitrogen and oxygen atoms in total. The van der Waals surface area contributed by atoms with Gasteiger partial charge in [-0.3, -0.25) is 0 Å². The Kier molecular flexibility index (Phi) is 4.48. The molecule has 2 aliphatic carbocycles. The van der Waals surface area contributed by atoms with Gasteiger partial charge in [0.2, 0.25) is 0 Å². The van der Waals surface area contributed by atoms with E-state index in [9.17, 15) is 0 Å². The van der Waals surface area contributed by atoms with E-state index >= 15 is 0 Å². The van der Waals surface area contributed by atoms with E-state index in [4.69, 9.17) is 0 Å². The highest BCUT2D eigenvalue weighted by Gasteiger charge is 2.37. The van der Waals surface area contributed by atoms with E-state index in [0.717, 1.165) is 29.8 Å². The molecule has 2 heteroatoms. The van der Waals surface area contributed by atoms with Gasteiger partial charge in [0.25, 0.3) is 0 Å². The first-order chi connectivity index (χ1) is 8.15. The zero-order valence-electron chi connectivity index (χ0n) is 12.1. The van der Waals surface area contributed by atoms with E-state index in [1.54, 1.807) is 0 Å². The van der Waals surface area contributed by atoms with Gasteiger partial charge in [0.1, 0.15) is 0 Å². The summed E-state index contributed by atoms with van der Waals surface area (Å²) in [4.78, 5) is 2.72. The fraction of sp³-hybridized carbons (Fsp3) is 1.00. The Balaban J connectivity index is 1.95. The van der Waals surface area contributed by atoms with Crippen LogP contribution in [-0.2, 0) is 0 Å². The molecule has 2 aliphatic rings. The average Bonchev–Trinajstić information content (AvgIpc) is 3.11. The maximum Gasteiger partial charge on any atom is 0.0110 e. The van der Waals surface area contributed by atoms with Gasteiger partial charge in [-0.25, -0.2) is 0 Å². The van der Waals surface area contributed by atoms with E-state index in [0.29, 0.717) is 0 Å². The molecule has 2 saturated carbocycles. The van der Waals surface area contributed by atoms with Gasteiger partial charge in [0.05, 0.1) is 0 Å². The molecular formula is C15H30N2. The summed E-state index contributed by atoms with van der Waals surface area (Å²) in [6.45, 7) is 9.75. The fourth-order valence-corrected chi connectivity index (χ4v) is 3.80. The lowest BCUT2D eigenvalue weighted by atomic mass is 9.72. The molecular weight excluding hydrogens is 208 g/mol. The smallest absolute Gasteiger partial charge is 0.0110 e. The molecule has 0 saturated heterocycles. The highest BCUT2D eigenvalue weighted by molar-refractivity contribution is 4.92. The van der Waals surface area contributed by atoms with Crippen LogP contribution in [0.2, 0.25) is 0 Å². The Morgan fingerprint density at radius 1 is 1.18 bits per heavy atom. The molecule has 0 aromatic rings. The van der Waals surface area contributed by atoms with Crippen molar-refractivity contribution in [1.29, 1.82) is 0 Å². The largest absolute Gasteiger partial charge is 0.317 e.